The van der Waals surface area contributed by atoms with Gasteiger partial charge in [0.25, 0.3) is 0 Å². The standard InChI is InChI=1S/C24H30BrNO/c1-15-7-20(25)3-5-22(15)23-6-4-21(27-23)14-26-16(2)24-11-17-8-18(12-24)10-19(9-17)13-24/h3-7,16-19,26H,8-14H2,1-2H3. The van der Waals surface area contributed by atoms with E-state index < -0.39 is 0 Å². The molecule has 1 atom stereocenters. The van der Waals surface area contributed by atoms with E-state index in [2.05, 4.69) is 65.4 Å². The smallest absolute Gasteiger partial charge is 0.134 e. The molecule has 27 heavy (non-hydrogen) atoms. The van der Waals surface area contributed by atoms with Gasteiger partial charge in [0.1, 0.15) is 11.5 Å². The van der Waals surface area contributed by atoms with E-state index in [4.69, 9.17) is 4.42 Å². The van der Waals surface area contributed by atoms with Gasteiger partial charge in [-0.15, -0.1) is 0 Å². The Kier molecular flexibility index (Phi) is 4.52. The summed E-state index contributed by atoms with van der Waals surface area (Å²) in [7, 11) is 0. The Hall–Kier alpha value is -1.06. The van der Waals surface area contributed by atoms with Crippen LogP contribution in [-0.4, -0.2) is 6.04 Å². The lowest BCUT2D eigenvalue weighted by Crippen LogP contribution is -2.54. The van der Waals surface area contributed by atoms with Gasteiger partial charge in [0.2, 0.25) is 0 Å². The molecule has 3 heteroatoms. The van der Waals surface area contributed by atoms with E-state index in [1.807, 2.05) is 0 Å². The Balaban J connectivity index is 1.26. The first kappa shape index (κ1) is 18.0. The van der Waals surface area contributed by atoms with Crippen LogP contribution < -0.4 is 5.32 Å². The van der Waals surface area contributed by atoms with E-state index >= 15 is 0 Å². The molecule has 1 unspecified atom stereocenters. The number of aryl methyl sites for hydroxylation is 1. The van der Waals surface area contributed by atoms with Crippen LogP contribution in [0, 0.1) is 30.1 Å². The summed E-state index contributed by atoms with van der Waals surface area (Å²) in [6.45, 7) is 5.39. The van der Waals surface area contributed by atoms with Crippen LogP contribution in [0.25, 0.3) is 11.3 Å². The van der Waals surface area contributed by atoms with Crippen LogP contribution in [0.4, 0.5) is 0 Å². The highest BCUT2D eigenvalue weighted by Crippen LogP contribution is 2.61. The van der Waals surface area contributed by atoms with Crippen LogP contribution in [0.2, 0.25) is 0 Å². The molecule has 1 aromatic carbocycles. The SMILES string of the molecule is Cc1cc(Br)ccc1-c1ccc(CNC(C)C23CC4CC(CC(C4)C2)C3)o1. The number of hydrogen-bond acceptors (Lipinski definition) is 2. The van der Waals surface area contributed by atoms with Crippen molar-refractivity contribution in [2.45, 2.75) is 65.0 Å². The zero-order chi connectivity index (χ0) is 18.6. The van der Waals surface area contributed by atoms with E-state index in [1.165, 1.54) is 49.7 Å². The first-order chi connectivity index (χ1) is 13.0. The maximum Gasteiger partial charge on any atom is 0.134 e. The Morgan fingerprint density at radius 1 is 1.07 bits per heavy atom. The molecule has 4 bridgehead atoms. The summed E-state index contributed by atoms with van der Waals surface area (Å²) in [5.41, 5.74) is 2.96. The molecule has 1 heterocycles. The van der Waals surface area contributed by atoms with Crippen molar-refractivity contribution in [3.8, 4) is 11.3 Å². The molecule has 4 saturated carbocycles. The average molecular weight is 428 g/mol. The maximum atomic E-state index is 6.18. The van der Waals surface area contributed by atoms with Gasteiger partial charge in [0, 0.05) is 16.1 Å². The van der Waals surface area contributed by atoms with Gasteiger partial charge < -0.3 is 9.73 Å². The van der Waals surface area contributed by atoms with Crippen LogP contribution in [-0.2, 0) is 6.54 Å². The third kappa shape index (κ3) is 3.31. The lowest BCUT2D eigenvalue weighted by atomic mass is 9.48. The van der Waals surface area contributed by atoms with Crippen LogP contribution in [0.1, 0.15) is 56.8 Å². The first-order valence-electron chi connectivity index (χ1n) is 10.6. The summed E-state index contributed by atoms with van der Waals surface area (Å²) in [4.78, 5) is 0. The van der Waals surface area contributed by atoms with Crippen LogP contribution in [0.15, 0.2) is 39.2 Å². The highest BCUT2D eigenvalue weighted by atomic mass is 79.9. The molecule has 0 radical (unpaired) electrons. The lowest BCUT2D eigenvalue weighted by molar-refractivity contribution is -0.0708. The number of halogens is 1. The average Bonchev–Trinajstić information content (AvgIpc) is 3.07. The number of nitrogens with one attached hydrogen (secondary N) is 1. The van der Waals surface area contributed by atoms with E-state index in [-0.39, 0.29) is 0 Å². The van der Waals surface area contributed by atoms with Crippen molar-refractivity contribution in [2.24, 2.45) is 23.2 Å². The molecular formula is C24H30BrNO. The second-order valence-electron chi connectivity index (χ2n) is 9.61. The molecule has 144 valence electrons. The van der Waals surface area contributed by atoms with Crippen molar-refractivity contribution < 1.29 is 4.42 Å². The van der Waals surface area contributed by atoms with Crippen molar-refractivity contribution in [3.63, 3.8) is 0 Å². The van der Waals surface area contributed by atoms with E-state index in [0.717, 1.165) is 40.3 Å². The van der Waals surface area contributed by atoms with E-state index in [0.29, 0.717) is 11.5 Å². The monoisotopic (exact) mass is 427 g/mol. The summed E-state index contributed by atoms with van der Waals surface area (Å²) >= 11 is 3.54. The van der Waals surface area contributed by atoms with Gasteiger partial charge in [-0.05, 0) is 111 Å². The molecule has 2 nitrogen and oxygen atoms in total. The van der Waals surface area contributed by atoms with Crippen molar-refractivity contribution >= 4 is 15.9 Å². The molecular weight excluding hydrogens is 398 g/mol. The molecule has 1 N–H and O–H groups in total. The van der Waals surface area contributed by atoms with Gasteiger partial charge in [-0.1, -0.05) is 15.9 Å². The highest BCUT2D eigenvalue weighted by Gasteiger charge is 2.52. The van der Waals surface area contributed by atoms with Crippen molar-refractivity contribution in [3.05, 3.63) is 46.1 Å². The Labute approximate surface area is 171 Å². The molecule has 4 aliphatic carbocycles. The summed E-state index contributed by atoms with van der Waals surface area (Å²) in [6, 6.07) is 11.2. The Bertz CT molecular complexity index is 803. The fourth-order valence-electron chi connectivity index (χ4n) is 6.70. The first-order valence-corrected chi connectivity index (χ1v) is 11.4. The van der Waals surface area contributed by atoms with Gasteiger partial charge >= 0.3 is 0 Å². The number of furan rings is 1. The van der Waals surface area contributed by atoms with Crippen LogP contribution in [0.5, 0.6) is 0 Å². The van der Waals surface area contributed by atoms with Gasteiger partial charge in [0.15, 0.2) is 0 Å². The fourth-order valence-corrected chi connectivity index (χ4v) is 7.17. The zero-order valence-corrected chi connectivity index (χ0v) is 18.0. The number of hydrogen-bond donors (Lipinski definition) is 1. The topological polar surface area (TPSA) is 25.2 Å². The van der Waals surface area contributed by atoms with Crippen LogP contribution >= 0.6 is 15.9 Å². The molecule has 4 fully saturated rings. The molecule has 1 aromatic heterocycles. The van der Waals surface area contributed by atoms with Crippen molar-refractivity contribution in [1.29, 1.82) is 0 Å². The van der Waals surface area contributed by atoms with E-state index in [1.54, 1.807) is 0 Å². The fraction of sp³-hybridized carbons (Fsp3) is 0.583. The van der Waals surface area contributed by atoms with Crippen molar-refractivity contribution in [1.82, 2.24) is 5.32 Å². The van der Waals surface area contributed by atoms with Crippen molar-refractivity contribution in [2.75, 3.05) is 0 Å². The largest absolute Gasteiger partial charge is 0.460 e. The molecule has 4 aliphatic rings. The molecule has 0 aliphatic heterocycles. The van der Waals surface area contributed by atoms with Gasteiger partial charge in [-0.2, -0.15) is 0 Å². The van der Waals surface area contributed by atoms with Gasteiger partial charge in [-0.3, -0.25) is 0 Å². The molecule has 6 rings (SSSR count). The third-order valence-electron chi connectivity index (χ3n) is 7.70. The molecule has 0 saturated heterocycles. The summed E-state index contributed by atoms with van der Waals surface area (Å²) < 4.78 is 7.29. The normalized spacial score (nSPS) is 32.8. The summed E-state index contributed by atoms with van der Waals surface area (Å²) in [6.07, 6.45) is 8.90. The van der Waals surface area contributed by atoms with E-state index in [9.17, 15) is 0 Å². The Morgan fingerprint density at radius 2 is 1.74 bits per heavy atom. The van der Waals surface area contributed by atoms with Crippen LogP contribution in [0.3, 0.4) is 0 Å². The van der Waals surface area contributed by atoms with Gasteiger partial charge in [-0.25, -0.2) is 0 Å². The quantitative estimate of drug-likeness (QED) is 0.573. The minimum Gasteiger partial charge on any atom is -0.460 e. The predicted molar refractivity (Wildman–Crippen MR) is 113 cm³/mol. The minimum absolute atomic E-state index is 0.548. The van der Waals surface area contributed by atoms with Gasteiger partial charge in [0.05, 0.1) is 6.54 Å². The second-order valence-corrected chi connectivity index (χ2v) is 10.5. The third-order valence-corrected chi connectivity index (χ3v) is 8.20. The predicted octanol–water partition coefficient (Wildman–Crippen LogP) is 6.71. The molecule has 0 amide bonds. The number of benzene rings is 1. The summed E-state index contributed by atoms with van der Waals surface area (Å²) in [5.74, 6) is 5.05. The second kappa shape index (κ2) is 6.77. The number of rotatable bonds is 5. The molecule has 0 spiro atoms. The Morgan fingerprint density at radius 3 is 2.37 bits per heavy atom. The highest BCUT2D eigenvalue weighted by molar-refractivity contribution is 9.10. The lowest BCUT2D eigenvalue weighted by Gasteiger charge is -2.59. The molecule has 2 aromatic rings. The minimum atomic E-state index is 0.548. The maximum absolute atomic E-state index is 6.18. The zero-order valence-electron chi connectivity index (χ0n) is 16.4. The summed E-state index contributed by atoms with van der Waals surface area (Å²) in [5, 5.41) is 3.84.